The van der Waals surface area contributed by atoms with E-state index in [2.05, 4.69) is 12.2 Å². The number of carboxylic acids is 1. The molecule has 0 bridgehead atoms. The zero-order valence-electron chi connectivity index (χ0n) is 13.4. The first-order valence-electron chi connectivity index (χ1n) is 7.74. The summed E-state index contributed by atoms with van der Waals surface area (Å²) in [4.78, 5) is 24.4. The Bertz CT molecular complexity index is 350. The topological polar surface area (TPSA) is 78.9 Å². The lowest BCUT2D eigenvalue weighted by atomic mass is 9.99. The molecule has 1 fully saturated rings. The fourth-order valence-corrected chi connectivity index (χ4v) is 2.59. The summed E-state index contributed by atoms with van der Waals surface area (Å²) >= 11 is 0. The highest BCUT2D eigenvalue weighted by atomic mass is 16.5. The summed E-state index contributed by atoms with van der Waals surface area (Å²) in [5, 5.41) is 11.6. The van der Waals surface area contributed by atoms with Crippen molar-refractivity contribution in [1.82, 2.24) is 10.2 Å². The SMILES string of the molecule is CCCC(C)(C)NC(=O)N1CCC(OCCC(=O)O)CC1. The molecule has 1 aliphatic rings. The number of likely N-dealkylation sites (tertiary alicyclic amines) is 1. The third kappa shape index (κ3) is 6.80. The molecule has 1 aliphatic heterocycles. The molecule has 2 N–H and O–H groups in total. The van der Waals surface area contributed by atoms with E-state index in [0.717, 1.165) is 25.7 Å². The van der Waals surface area contributed by atoms with Crippen LogP contribution in [0, 0.1) is 0 Å². The van der Waals surface area contributed by atoms with Crippen molar-refractivity contribution in [3.63, 3.8) is 0 Å². The van der Waals surface area contributed by atoms with E-state index < -0.39 is 5.97 Å². The van der Waals surface area contributed by atoms with Crippen LogP contribution < -0.4 is 5.32 Å². The smallest absolute Gasteiger partial charge is 0.317 e. The lowest BCUT2D eigenvalue weighted by Crippen LogP contribution is -2.52. The van der Waals surface area contributed by atoms with E-state index in [-0.39, 0.29) is 30.7 Å². The lowest BCUT2D eigenvalue weighted by molar-refractivity contribution is -0.138. The van der Waals surface area contributed by atoms with Gasteiger partial charge in [0.2, 0.25) is 0 Å². The van der Waals surface area contributed by atoms with Crippen molar-refractivity contribution in [2.45, 2.75) is 64.5 Å². The quantitative estimate of drug-likeness (QED) is 0.755. The highest BCUT2D eigenvalue weighted by molar-refractivity contribution is 5.75. The van der Waals surface area contributed by atoms with Gasteiger partial charge in [-0.3, -0.25) is 4.79 Å². The van der Waals surface area contributed by atoms with Gasteiger partial charge in [0.25, 0.3) is 0 Å². The molecule has 0 spiro atoms. The predicted octanol–water partition coefficient (Wildman–Crippen LogP) is 2.23. The molecule has 2 amide bonds. The first kappa shape index (κ1) is 17.8. The molecule has 0 radical (unpaired) electrons. The molecule has 0 aromatic rings. The van der Waals surface area contributed by atoms with Gasteiger partial charge >= 0.3 is 12.0 Å². The third-order valence-corrected chi connectivity index (χ3v) is 3.72. The number of hydrogen-bond acceptors (Lipinski definition) is 3. The van der Waals surface area contributed by atoms with E-state index in [9.17, 15) is 9.59 Å². The molecule has 6 nitrogen and oxygen atoms in total. The Labute approximate surface area is 126 Å². The minimum atomic E-state index is -0.843. The number of nitrogens with one attached hydrogen (secondary N) is 1. The molecular weight excluding hydrogens is 272 g/mol. The molecule has 0 unspecified atom stereocenters. The Balaban J connectivity index is 2.29. The fraction of sp³-hybridized carbons (Fsp3) is 0.867. The number of carboxylic acid groups (broad SMARTS) is 1. The molecular formula is C15H28N2O4. The van der Waals surface area contributed by atoms with Crippen molar-refractivity contribution in [2.75, 3.05) is 19.7 Å². The van der Waals surface area contributed by atoms with Gasteiger partial charge in [-0.2, -0.15) is 0 Å². The molecule has 1 saturated heterocycles. The average molecular weight is 300 g/mol. The molecule has 6 heteroatoms. The molecule has 21 heavy (non-hydrogen) atoms. The monoisotopic (exact) mass is 300 g/mol. The minimum Gasteiger partial charge on any atom is -0.481 e. The molecule has 0 atom stereocenters. The average Bonchev–Trinajstić information content (AvgIpc) is 2.38. The summed E-state index contributed by atoms with van der Waals surface area (Å²) in [6.45, 7) is 7.74. The second-order valence-electron chi connectivity index (χ2n) is 6.26. The van der Waals surface area contributed by atoms with E-state index in [0.29, 0.717) is 13.1 Å². The normalized spacial score (nSPS) is 16.8. The number of nitrogens with zero attached hydrogens (tertiary/aromatic N) is 1. The second-order valence-corrected chi connectivity index (χ2v) is 6.26. The maximum Gasteiger partial charge on any atom is 0.317 e. The van der Waals surface area contributed by atoms with Gasteiger partial charge in [-0.1, -0.05) is 13.3 Å². The predicted molar refractivity (Wildman–Crippen MR) is 80.3 cm³/mol. The summed E-state index contributed by atoms with van der Waals surface area (Å²) in [7, 11) is 0. The number of urea groups is 1. The minimum absolute atomic E-state index is 0.0163. The fourth-order valence-electron chi connectivity index (χ4n) is 2.59. The molecule has 1 rings (SSSR count). The van der Waals surface area contributed by atoms with Crippen molar-refractivity contribution < 1.29 is 19.4 Å². The van der Waals surface area contributed by atoms with E-state index in [1.807, 2.05) is 18.7 Å². The zero-order chi connectivity index (χ0) is 15.9. The van der Waals surface area contributed by atoms with Gasteiger partial charge in [0.15, 0.2) is 0 Å². The standard InChI is InChI=1S/C15H28N2O4/c1-4-8-15(2,3)16-14(20)17-9-5-12(6-10-17)21-11-7-13(18)19/h12H,4-11H2,1-3H3,(H,16,20)(H,18,19). The van der Waals surface area contributed by atoms with Crippen LogP contribution in [0.4, 0.5) is 4.79 Å². The van der Waals surface area contributed by atoms with Gasteiger partial charge in [-0.15, -0.1) is 0 Å². The van der Waals surface area contributed by atoms with Crippen LogP contribution in [0.1, 0.15) is 52.9 Å². The van der Waals surface area contributed by atoms with E-state index in [4.69, 9.17) is 9.84 Å². The third-order valence-electron chi connectivity index (χ3n) is 3.72. The first-order valence-corrected chi connectivity index (χ1v) is 7.74. The van der Waals surface area contributed by atoms with Gasteiger partial charge in [0, 0.05) is 18.6 Å². The van der Waals surface area contributed by atoms with Gasteiger partial charge in [0.05, 0.1) is 19.1 Å². The van der Waals surface area contributed by atoms with Gasteiger partial charge in [0.1, 0.15) is 0 Å². The highest BCUT2D eigenvalue weighted by Crippen LogP contribution is 2.16. The van der Waals surface area contributed by atoms with E-state index in [1.165, 1.54) is 0 Å². The van der Waals surface area contributed by atoms with Crippen LogP contribution in [0.25, 0.3) is 0 Å². The summed E-state index contributed by atoms with van der Waals surface area (Å²) < 4.78 is 5.52. The number of aliphatic carboxylic acids is 1. The van der Waals surface area contributed by atoms with Crippen LogP contribution in [0.15, 0.2) is 0 Å². The number of amides is 2. The van der Waals surface area contributed by atoms with E-state index >= 15 is 0 Å². The number of carbonyl (C=O) groups excluding carboxylic acids is 1. The number of carbonyl (C=O) groups is 2. The summed E-state index contributed by atoms with van der Waals surface area (Å²) in [6, 6.07) is -0.0163. The van der Waals surface area contributed by atoms with Crippen LogP contribution >= 0.6 is 0 Å². The molecule has 0 saturated carbocycles. The van der Waals surface area contributed by atoms with Crippen LogP contribution in [0.2, 0.25) is 0 Å². The van der Waals surface area contributed by atoms with Crippen molar-refractivity contribution in [3.8, 4) is 0 Å². The van der Waals surface area contributed by atoms with Crippen molar-refractivity contribution in [1.29, 1.82) is 0 Å². The second kappa shape index (κ2) is 8.22. The van der Waals surface area contributed by atoms with Gasteiger partial charge in [-0.25, -0.2) is 4.79 Å². The molecule has 1 heterocycles. The lowest BCUT2D eigenvalue weighted by Gasteiger charge is -2.35. The summed E-state index contributed by atoms with van der Waals surface area (Å²) in [5.74, 6) is -0.843. The molecule has 122 valence electrons. The van der Waals surface area contributed by atoms with Crippen molar-refractivity contribution in [3.05, 3.63) is 0 Å². The zero-order valence-corrected chi connectivity index (χ0v) is 13.4. The molecule has 0 aromatic carbocycles. The number of piperidine rings is 1. The summed E-state index contributed by atoms with van der Waals surface area (Å²) in [5.41, 5.74) is -0.180. The Morgan fingerprint density at radius 3 is 2.48 bits per heavy atom. The van der Waals surface area contributed by atoms with Crippen LogP contribution in [0.5, 0.6) is 0 Å². The van der Waals surface area contributed by atoms with Gasteiger partial charge < -0.3 is 20.1 Å². The molecule has 0 aliphatic carbocycles. The number of rotatable bonds is 7. The number of ether oxygens (including phenoxy) is 1. The Morgan fingerprint density at radius 1 is 1.33 bits per heavy atom. The Morgan fingerprint density at radius 2 is 1.95 bits per heavy atom. The van der Waals surface area contributed by atoms with Crippen LogP contribution in [-0.4, -0.2) is 53.3 Å². The Hall–Kier alpha value is -1.30. The number of hydrogen-bond donors (Lipinski definition) is 2. The van der Waals surface area contributed by atoms with Gasteiger partial charge in [-0.05, 0) is 33.1 Å². The van der Waals surface area contributed by atoms with Crippen molar-refractivity contribution in [2.24, 2.45) is 0 Å². The highest BCUT2D eigenvalue weighted by Gasteiger charge is 2.27. The first-order chi connectivity index (χ1) is 9.84. The molecule has 0 aromatic heterocycles. The summed E-state index contributed by atoms with van der Waals surface area (Å²) in [6.07, 6.45) is 3.62. The van der Waals surface area contributed by atoms with E-state index in [1.54, 1.807) is 0 Å². The van der Waals surface area contributed by atoms with Crippen LogP contribution in [0.3, 0.4) is 0 Å². The largest absolute Gasteiger partial charge is 0.481 e. The maximum atomic E-state index is 12.2. The maximum absolute atomic E-state index is 12.2. The Kier molecular flexibility index (Phi) is 6.95. The van der Waals surface area contributed by atoms with Crippen LogP contribution in [-0.2, 0) is 9.53 Å². The van der Waals surface area contributed by atoms with Crippen molar-refractivity contribution >= 4 is 12.0 Å².